The van der Waals surface area contributed by atoms with Gasteiger partial charge >= 0.3 is 0 Å². The Balaban J connectivity index is 1.26. The van der Waals surface area contributed by atoms with Gasteiger partial charge in [0.25, 0.3) is 5.91 Å². The Hall–Kier alpha value is -3.80. The van der Waals surface area contributed by atoms with Gasteiger partial charge in [-0.3, -0.25) is 9.78 Å². The molecule has 1 fully saturated rings. The van der Waals surface area contributed by atoms with E-state index in [-0.39, 0.29) is 5.91 Å². The molecule has 6 heteroatoms. The number of piperazine rings is 1. The summed E-state index contributed by atoms with van der Waals surface area (Å²) in [5.41, 5.74) is 2.59. The van der Waals surface area contributed by atoms with Crippen molar-refractivity contribution >= 4 is 22.5 Å². The van der Waals surface area contributed by atoms with Gasteiger partial charge < -0.3 is 9.80 Å². The third-order valence-electron chi connectivity index (χ3n) is 5.51. The lowest BCUT2D eigenvalue weighted by Gasteiger charge is -2.35. The van der Waals surface area contributed by atoms with Crippen LogP contribution in [0.2, 0.25) is 0 Å². The Morgan fingerprint density at radius 2 is 1.53 bits per heavy atom. The van der Waals surface area contributed by atoms with Crippen molar-refractivity contribution in [3.8, 4) is 11.3 Å². The first-order valence-corrected chi connectivity index (χ1v) is 10.0. The van der Waals surface area contributed by atoms with Crippen LogP contribution in [-0.4, -0.2) is 52.2 Å². The van der Waals surface area contributed by atoms with E-state index < -0.39 is 0 Å². The van der Waals surface area contributed by atoms with Crippen molar-refractivity contribution in [2.75, 3.05) is 31.1 Å². The molecule has 6 nitrogen and oxygen atoms in total. The van der Waals surface area contributed by atoms with Crippen molar-refractivity contribution in [2.24, 2.45) is 0 Å². The molecular formula is C24H21N5O. The molecule has 148 valence electrons. The molecule has 30 heavy (non-hydrogen) atoms. The van der Waals surface area contributed by atoms with Crippen molar-refractivity contribution in [3.63, 3.8) is 0 Å². The molecule has 0 spiro atoms. The second kappa shape index (κ2) is 7.91. The SMILES string of the molecule is O=C(c1ccncc1)N1CCN(c2ccc(-c3ccc4ccccc4c3)nn2)CC1. The summed E-state index contributed by atoms with van der Waals surface area (Å²) < 4.78 is 0. The number of carbonyl (C=O) groups is 1. The minimum atomic E-state index is 0.0507. The standard InChI is InChI=1S/C24H21N5O/c30-24(19-9-11-25-12-10-19)29-15-13-28(14-16-29)23-8-7-22(26-27-23)21-6-5-18-3-1-2-4-20(18)17-21/h1-12,17H,13-16H2. The molecule has 0 radical (unpaired) electrons. The lowest BCUT2D eigenvalue weighted by molar-refractivity contribution is 0.0746. The number of aromatic nitrogens is 3. The second-order valence-corrected chi connectivity index (χ2v) is 7.35. The van der Waals surface area contributed by atoms with E-state index in [4.69, 9.17) is 0 Å². The Morgan fingerprint density at radius 1 is 0.767 bits per heavy atom. The van der Waals surface area contributed by atoms with Gasteiger partial charge in [-0.2, -0.15) is 0 Å². The van der Waals surface area contributed by atoms with Crippen LogP contribution in [0.5, 0.6) is 0 Å². The fourth-order valence-corrected chi connectivity index (χ4v) is 3.81. The summed E-state index contributed by atoms with van der Waals surface area (Å²) in [5.74, 6) is 0.894. The highest BCUT2D eigenvalue weighted by Gasteiger charge is 2.23. The molecule has 1 amide bonds. The van der Waals surface area contributed by atoms with Crippen LogP contribution in [0, 0.1) is 0 Å². The van der Waals surface area contributed by atoms with E-state index in [9.17, 15) is 4.79 Å². The second-order valence-electron chi connectivity index (χ2n) is 7.35. The first-order valence-electron chi connectivity index (χ1n) is 10.0. The summed E-state index contributed by atoms with van der Waals surface area (Å²) in [5, 5.41) is 11.3. The molecule has 5 rings (SSSR count). The van der Waals surface area contributed by atoms with Gasteiger partial charge in [-0.25, -0.2) is 0 Å². The van der Waals surface area contributed by atoms with Crippen molar-refractivity contribution < 1.29 is 4.79 Å². The Kier molecular flexibility index (Phi) is 4.81. The maximum Gasteiger partial charge on any atom is 0.254 e. The van der Waals surface area contributed by atoms with E-state index in [1.165, 1.54) is 10.8 Å². The van der Waals surface area contributed by atoms with Gasteiger partial charge in [0.1, 0.15) is 0 Å². The molecule has 4 aromatic rings. The predicted molar refractivity (Wildman–Crippen MR) is 117 cm³/mol. The summed E-state index contributed by atoms with van der Waals surface area (Å²) in [6.45, 7) is 2.80. The summed E-state index contributed by atoms with van der Waals surface area (Å²) in [6.07, 6.45) is 3.30. The van der Waals surface area contributed by atoms with Gasteiger partial charge in [0.15, 0.2) is 5.82 Å². The van der Waals surface area contributed by atoms with Gasteiger partial charge in [-0.15, -0.1) is 10.2 Å². The lowest BCUT2D eigenvalue weighted by atomic mass is 10.1. The maximum atomic E-state index is 12.6. The third-order valence-corrected chi connectivity index (χ3v) is 5.51. The third kappa shape index (κ3) is 3.59. The number of amides is 1. The topological polar surface area (TPSA) is 62.2 Å². The molecule has 1 saturated heterocycles. The molecule has 1 aliphatic heterocycles. The molecule has 1 aliphatic rings. The molecule has 2 aromatic carbocycles. The molecular weight excluding hydrogens is 374 g/mol. The van der Waals surface area contributed by atoms with Crippen molar-refractivity contribution in [1.82, 2.24) is 20.1 Å². The van der Waals surface area contributed by atoms with E-state index in [2.05, 4.69) is 50.4 Å². The molecule has 2 aromatic heterocycles. The zero-order valence-corrected chi connectivity index (χ0v) is 16.5. The highest BCUT2D eigenvalue weighted by atomic mass is 16.2. The van der Waals surface area contributed by atoms with Gasteiger partial charge in [0.2, 0.25) is 0 Å². The number of benzene rings is 2. The minimum Gasteiger partial charge on any atom is -0.352 e. The molecule has 0 atom stereocenters. The quantitative estimate of drug-likeness (QED) is 0.530. The number of carbonyl (C=O) groups excluding carboxylic acids is 1. The van der Waals surface area contributed by atoms with Gasteiger partial charge in [0.05, 0.1) is 5.69 Å². The van der Waals surface area contributed by atoms with Crippen LogP contribution in [-0.2, 0) is 0 Å². The number of rotatable bonds is 3. The summed E-state index contributed by atoms with van der Waals surface area (Å²) in [7, 11) is 0. The smallest absolute Gasteiger partial charge is 0.254 e. The maximum absolute atomic E-state index is 12.6. The van der Waals surface area contributed by atoms with Gasteiger partial charge in [-0.1, -0.05) is 36.4 Å². The fraction of sp³-hybridized carbons (Fsp3) is 0.167. The van der Waals surface area contributed by atoms with Crippen molar-refractivity contribution in [1.29, 1.82) is 0 Å². The highest BCUT2D eigenvalue weighted by Crippen LogP contribution is 2.24. The molecule has 0 N–H and O–H groups in total. The van der Waals surface area contributed by atoms with Crippen LogP contribution >= 0.6 is 0 Å². The van der Waals surface area contributed by atoms with E-state index in [1.54, 1.807) is 24.5 Å². The average Bonchev–Trinajstić information content (AvgIpc) is 2.84. The monoisotopic (exact) mass is 395 g/mol. The molecule has 0 bridgehead atoms. The van der Waals surface area contributed by atoms with Gasteiger partial charge in [-0.05, 0) is 41.1 Å². The molecule has 0 saturated carbocycles. The van der Waals surface area contributed by atoms with Crippen LogP contribution in [0.1, 0.15) is 10.4 Å². The summed E-state index contributed by atoms with van der Waals surface area (Å²) in [6, 6.07) is 22.2. The fourth-order valence-electron chi connectivity index (χ4n) is 3.81. The van der Waals surface area contributed by atoms with E-state index >= 15 is 0 Å². The van der Waals surface area contributed by atoms with Crippen LogP contribution in [0.25, 0.3) is 22.0 Å². The highest BCUT2D eigenvalue weighted by molar-refractivity contribution is 5.94. The first-order chi connectivity index (χ1) is 14.8. The minimum absolute atomic E-state index is 0.0507. The van der Waals surface area contributed by atoms with Crippen LogP contribution in [0.4, 0.5) is 5.82 Å². The normalized spacial score (nSPS) is 14.1. The molecule has 0 aliphatic carbocycles. The van der Waals surface area contributed by atoms with Crippen LogP contribution < -0.4 is 4.90 Å². The van der Waals surface area contributed by atoms with Crippen molar-refractivity contribution in [2.45, 2.75) is 0 Å². The van der Waals surface area contributed by atoms with Crippen LogP contribution in [0.15, 0.2) is 79.1 Å². The van der Waals surface area contributed by atoms with Gasteiger partial charge in [0, 0.05) is 49.7 Å². The molecule has 0 unspecified atom stereocenters. The Bertz CT molecular complexity index is 1170. The zero-order valence-electron chi connectivity index (χ0n) is 16.5. The van der Waals surface area contributed by atoms with Crippen LogP contribution in [0.3, 0.4) is 0 Å². The van der Waals surface area contributed by atoms with E-state index in [1.807, 2.05) is 29.2 Å². The van der Waals surface area contributed by atoms with E-state index in [0.29, 0.717) is 18.7 Å². The van der Waals surface area contributed by atoms with E-state index in [0.717, 1.165) is 30.2 Å². The number of nitrogens with zero attached hydrogens (tertiary/aromatic N) is 5. The lowest BCUT2D eigenvalue weighted by Crippen LogP contribution is -2.49. The zero-order chi connectivity index (χ0) is 20.3. The van der Waals surface area contributed by atoms with Crippen molar-refractivity contribution in [3.05, 3.63) is 84.7 Å². The Morgan fingerprint density at radius 3 is 2.27 bits per heavy atom. The molecule has 3 heterocycles. The first kappa shape index (κ1) is 18.2. The average molecular weight is 395 g/mol. The number of anilines is 1. The number of fused-ring (bicyclic) bond motifs is 1. The number of pyridine rings is 1. The number of hydrogen-bond donors (Lipinski definition) is 0. The summed E-state index contributed by atoms with van der Waals surface area (Å²) >= 11 is 0. The number of hydrogen-bond acceptors (Lipinski definition) is 5. The Labute approximate surface area is 174 Å². The largest absolute Gasteiger partial charge is 0.352 e. The predicted octanol–water partition coefficient (Wildman–Crippen LogP) is 3.65. The summed E-state index contributed by atoms with van der Waals surface area (Å²) in [4.78, 5) is 20.6.